The third-order valence-electron chi connectivity index (χ3n) is 8.43. The molecule has 4 aliphatic rings. The lowest BCUT2D eigenvalue weighted by Gasteiger charge is -2.60. The number of anilines is 2. The third-order valence-corrected chi connectivity index (χ3v) is 9.63. The maximum absolute atomic E-state index is 12.5. The minimum absolute atomic E-state index is 0.0856. The van der Waals surface area contributed by atoms with Crippen molar-refractivity contribution in [3.05, 3.63) is 41.6 Å². The molecule has 214 valence electrons. The Kier molecular flexibility index (Phi) is 7.42. The number of nitrogens with one attached hydrogen (secondary N) is 3. The number of amides is 1. The van der Waals surface area contributed by atoms with Crippen molar-refractivity contribution in [2.24, 2.45) is 23.2 Å². The lowest BCUT2D eigenvalue weighted by Crippen LogP contribution is -2.60. The molecule has 4 bridgehead atoms. The molecule has 0 saturated heterocycles. The summed E-state index contributed by atoms with van der Waals surface area (Å²) >= 11 is 0. The Hall–Kier alpha value is -3.39. The normalized spacial score (nSPS) is 27.1. The predicted molar refractivity (Wildman–Crippen MR) is 151 cm³/mol. The summed E-state index contributed by atoms with van der Waals surface area (Å²) in [5, 5.41) is 19.5. The molecule has 1 amide bonds. The van der Waals surface area contributed by atoms with Crippen molar-refractivity contribution >= 4 is 27.7 Å². The van der Waals surface area contributed by atoms with Crippen LogP contribution in [0.15, 0.2) is 35.4 Å². The van der Waals surface area contributed by atoms with Crippen molar-refractivity contribution in [3.8, 4) is 6.07 Å². The Morgan fingerprint density at radius 2 is 1.85 bits per heavy atom. The maximum atomic E-state index is 12.5. The topological polar surface area (TPSA) is 146 Å². The number of hydrogen-bond donors (Lipinski definition) is 3. The van der Waals surface area contributed by atoms with E-state index in [1.807, 2.05) is 20.8 Å². The minimum atomic E-state index is -3.37. The molecule has 0 radical (unpaired) electrons. The summed E-state index contributed by atoms with van der Waals surface area (Å²) in [6.45, 7) is 6.56. The fourth-order valence-electron chi connectivity index (χ4n) is 7.23. The van der Waals surface area contributed by atoms with Gasteiger partial charge in [-0.1, -0.05) is 18.2 Å². The molecular weight excluding hydrogens is 528 g/mol. The molecule has 4 saturated carbocycles. The lowest BCUT2D eigenvalue weighted by molar-refractivity contribution is -0.0703. The van der Waals surface area contributed by atoms with Gasteiger partial charge in [0.15, 0.2) is 9.84 Å². The Labute approximate surface area is 236 Å². The van der Waals surface area contributed by atoms with Crippen LogP contribution in [0.2, 0.25) is 0 Å². The molecule has 1 aromatic heterocycles. The second-order valence-corrected chi connectivity index (χ2v) is 14.8. The predicted octanol–water partition coefficient (Wildman–Crippen LogP) is 4.50. The van der Waals surface area contributed by atoms with Crippen LogP contribution in [-0.2, 0) is 21.1 Å². The van der Waals surface area contributed by atoms with Gasteiger partial charge in [0.05, 0.1) is 11.1 Å². The summed E-state index contributed by atoms with van der Waals surface area (Å²) < 4.78 is 29.8. The number of sulfone groups is 1. The average molecular weight is 567 g/mol. The number of aromatic nitrogens is 2. The highest BCUT2D eigenvalue weighted by Gasteiger charge is 2.55. The molecule has 1 heterocycles. The van der Waals surface area contributed by atoms with Gasteiger partial charge in [0, 0.05) is 25.4 Å². The number of rotatable bonds is 8. The van der Waals surface area contributed by atoms with E-state index in [-0.39, 0.29) is 29.0 Å². The molecule has 5 atom stereocenters. The monoisotopic (exact) mass is 566 g/mol. The second-order valence-electron chi connectivity index (χ2n) is 12.8. The quantitative estimate of drug-likeness (QED) is 0.420. The highest BCUT2D eigenvalue weighted by Crippen LogP contribution is 2.60. The van der Waals surface area contributed by atoms with Crippen molar-refractivity contribution in [2.75, 3.05) is 23.4 Å². The van der Waals surface area contributed by atoms with Gasteiger partial charge in [-0.2, -0.15) is 10.2 Å². The van der Waals surface area contributed by atoms with E-state index in [1.165, 1.54) is 12.5 Å². The van der Waals surface area contributed by atoms with Crippen LogP contribution >= 0.6 is 0 Å². The Morgan fingerprint density at radius 3 is 2.50 bits per heavy atom. The number of benzene rings is 1. The standard InChI is InChI=1S/C29H38N6O4S/c1-28(2,3)39-27(36)34-24-20-9-18-10-21(24)13-29(11-18,12-20)17-33-25-22(14-30)16-32-26(35-25)31-15-19-7-5-6-8-23(19)40(4,37)38/h5-8,16,18,20-21,24H,9-13,15,17H2,1-4H3,(H,34,36)(H2,31,32,33,35)/t18?,20-,21+,24?,29?. The van der Waals surface area contributed by atoms with Crippen LogP contribution in [0.1, 0.15) is 64.0 Å². The lowest BCUT2D eigenvalue weighted by atomic mass is 9.48. The summed E-state index contributed by atoms with van der Waals surface area (Å²) in [6.07, 6.45) is 7.73. The number of carbonyl (C=O) groups is 1. The summed E-state index contributed by atoms with van der Waals surface area (Å²) in [7, 11) is -3.37. The summed E-state index contributed by atoms with van der Waals surface area (Å²) in [5.41, 5.74) is 0.538. The zero-order valence-electron chi connectivity index (χ0n) is 23.5. The highest BCUT2D eigenvalue weighted by atomic mass is 32.2. The van der Waals surface area contributed by atoms with Gasteiger partial charge < -0.3 is 20.7 Å². The average Bonchev–Trinajstić information content (AvgIpc) is 2.86. The molecular formula is C29H38N6O4S. The van der Waals surface area contributed by atoms with Gasteiger partial charge in [-0.05, 0) is 87.7 Å². The molecule has 0 aliphatic heterocycles. The number of ether oxygens (including phenoxy) is 1. The molecule has 0 spiro atoms. The first kappa shape index (κ1) is 28.1. The van der Waals surface area contributed by atoms with Gasteiger partial charge in [-0.25, -0.2) is 18.2 Å². The number of hydrogen-bond acceptors (Lipinski definition) is 9. The fraction of sp³-hybridized carbons (Fsp3) is 0.586. The first-order valence-corrected chi connectivity index (χ1v) is 15.8. The van der Waals surface area contributed by atoms with E-state index in [1.54, 1.807) is 24.3 Å². The van der Waals surface area contributed by atoms with Gasteiger partial charge in [0.2, 0.25) is 5.95 Å². The molecule has 4 fully saturated rings. The van der Waals surface area contributed by atoms with Crippen LogP contribution in [0.25, 0.3) is 0 Å². The maximum Gasteiger partial charge on any atom is 0.407 e. The van der Waals surface area contributed by atoms with E-state index in [0.717, 1.165) is 32.1 Å². The SMILES string of the molecule is CC(C)(C)OC(=O)NC1[C@@H]2CC3C[C@H]1CC(CNc1nc(NCc4ccccc4S(C)(=O)=O)ncc1C#N)(C3)C2. The molecule has 10 nitrogen and oxygen atoms in total. The van der Waals surface area contributed by atoms with Crippen molar-refractivity contribution < 1.29 is 17.9 Å². The molecule has 2 aromatic rings. The van der Waals surface area contributed by atoms with E-state index in [0.29, 0.717) is 47.2 Å². The van der Waals surface area contributed by atoms with Crippen molar-refractivity contribution in [2.45, 2.75) is 76.0 Å². The van der Waals surface area contributed by atoms with Crippen LogP contribution in [-0.4, -0.2) is 48.9 Å². The van der Waals surface area contributed by atoms with Crippen LogP contribution in [0.3, 0.4) is 0 Å². The van der Waals surface area contributed by atoms with Crippen molar-refractivity contribution in [3.63, 3.8) is 0 Å². The molecule has 1 aromatic carbocycles. The molecule has 3 N–H and O–H groups in total. The molecule has 11 heteroatoms. The fourth-order valence-corrected chi connectivity index (χ4v) is 8.17. The van der Waals surface area contributed by atoms with Crippen molar-refractivity contribution in [1.82, 2.24) is 15.3 Å². The largest absolute Gasteiger partial charge is 0.444 e. The van der Waals surface area contributed by atoms with Crippen LogP contribution in [0.4, 0.5) is 16.6 Å². The Balaban J connectivity index is 1.26. The number of nitriles is 1. The number of alkyl carbamates (subject to hydrolysis) is 1. The van der Waals surface area contributed by atoms with Gasteiger partial charge in [-0.15, -0.1) is 0 Å². The zero-order valence-corrected chi connectivity index (χ0v) is 24.3. The first-order chi connectivity index (χ1) is 18.8. The minimum Gasteiger partial charge on any atom is -0.444 e. The van der Waals surface area contributed by atoms with E-state index in [4.69, 9.17) is 4.74 Å². The molecule has 6 rings (SSSR count). The van der Waals surface area contributed by atoms with E-state index >= 15 is 0 Å². The smallest absolute Gasteiger partial charge is 0.407 e. The van der Waals surface area contributed by atoms with Crippen LogP contribution in [0, 0.1) is 34.5 Å². The first-order valence-electron chi connectivity index (χ1n) is 13.9. The van der Waals surface area contributed by atoms with Gasteiger partial charge >= 0.3 is 6.09 Å². The van der Waals surface area contributed by atoms with E-state index < -0.39 is 15.4 Å². The number of nitrogens with zero attached hydrogens (tertiary/aromatic N) is 3. The van der Waals surface area contributed by atoms with Gasteiger partial charge in [-0.3, -0.25) is 0 Å². The third kappa shape index (κ3) is 6.17. The van der Waals surface area contributed by atoms with Crippen molar-refractivity contribution in [1.29, 1.82) is 5.26 Å². The summed E-state index contributed by atoms with van der Waals surface area (Å²) in [4.78, 5) is 21.6. The Bertz CT molecular complexity index is 1410. The zero-order chi connectivity index (χ0) is 28.7. The van der Waals surface area contributed by atoms with E-state index in [9.17, 15) is 18.5 Å². The van der Waals surface area contributed by atoms with E-state index in [2.05, 4.69) is 32.0 Å². The highest BCUT2D eigenvalue weighted by molar-refractivity contribution is 7.90. The van der Waals surface area contributed by atoms with Crippen LogP contribution in [0.5, 0.6) is 0 Å². The van der Waals surface area contributed by atoms with Gasteiger partial charge in [0.25, 0.3) is 0 Å². The molecule has 40 heavy (non-hydrogen) atoms. The second kappa shape index (κ2) is 10.5. The van der Waals surface area contributed by atoms with Crippen LogP contribution < -0.4 is 16.0 Å². The summed E-state index contributed by atoms with van der Waals surface area (Å²) in [5.74, 6) is 2.25. The Morgan fingerprint density at radius 1 is 1.15 bits per heavy atom. The molecule has 3 unspecified atom stereocenters. The summed E-state index contributed by atoms with van der Waals surface area (Å²) in [6, 6.07) is 9.13. The van der Waals surface area contributed by atoms with Gasteiger partial charge in [0.1, 0.15) is 23.1 Å². The number of carbonyl (C=O) groups excluding carboxylic acids is 1. The molecule has 4 aliphatic carbocycles.